The molecule has 3 N–H and O–H groups in total. The molecule has 2 aliphatic rings. The number of aromatic nitrogens is 1. The standard InChI is InChI=1S/C18H25FN4O2.ClH/c1-10-13-7-11(17(24)25)8-23(18(2,3)4)15(13)21-16(14(10)19)22-6-5-12(20)9-22;/h8,12H,5-7,9,20H2,1-4H3,(H,24,25);1H/t12-;/m0./s1. The Morgan fingerprint density at radius 1 is 1.38 bits per heavy atom. The third kappa shape index (κ3) is 3.50. The van der Waals surface area contributed by atoms with Gasteiger partial charge in [-0.1, -0.05) is 0 Å². The van der Waals surface area contributed by atoms with Crippen molar-refractivity contribution in [1.82, 2.24) is 4.98 Å². The summed E-state index contributed by atoms with van der Waals surface area (Å²) in [4.78, 5) is 19.8. The number of pyridine rings is 1. The fraction of sp³-hybridized carbons (Fsp3) is 0.556. The molecule has 1 aromatic rings. The van der Waals surface area contributed by atoms with E-state index in [0.717, 1.165) is 6.42 Å². The topological polar surface area (TPSA) is 82.7 Å². The first kappa shape index (κ1) is 20.5. The van der Waals surface area contributed by atoms with Gasteiger partial charge in [0.1, 0.15) is 5.82 Å². The second-order valence-electron chi connectivity index (χ2n) is 7.85. The average molecular weight is 385 g/mol. The first-order valence-electron chi connectivity index (χ1n) is 8.52. The number of carbonyl (C=O) groups is 1. The Bertz CT molecular complexity index is 761. The zero-order chi connectivity index (χ0) is 18.5. The minimum absolute atomic E-state index is 0. The Balaban J connectivity index is 0.00000243. The Morgan fingerprint density at radius 2 is 2.04 bits per heavy atom. The van der Waals surface area contributed by atoms with Crippen LogP contribution in [0.5, 0.6) is 0 Å². The molecule has 0 radical (unpaired) electrons. The molecule has 3 rings (SSSR count). The summed E-state index contributed by atoms with van der Waals surface area (Å²) in [6, 6.07) is 0.0229. The maximum atomic E-state index is 15.0. The Hall–Kier alpha value is -1.86. The third-order valence-corrected chi connectivity index (χ3v) is 4.86. The molecule has 1 aromatic heterocycles. The van der Waals surface area contributed by atoms with Gasteiger partial charge >= 0.3 is 5.97 Å². The molecule has 1 saturated heterocycles. The van der Waals surface area contributed by atoms with Crippen molar-refractivity contribution in [3.05, 3.63) is 28.7 Å². The van der Waals surface area contributed by atoms with Gasteiger partial charge in [-0.15, -0.1) is 12.4 Å². The highest BCUT2D eigenvalue weighted by molar-refractivity contribution is 5.89. The normalized spacial score (nSPS) is 19.8. The summed E-state index contributed by atoms with van der Waals surface area (Å²) in [5.74, 6) is -0.430. The van der Waals surface area contributed by atoms with Crippen LogP contribution in [0.1, 0.15) is 38.3 Å². The number of hydrogen-bond acceptors (Lipinski definition) is 5. The molecule has 26 heavy (non-hydrogen) atoms. The third-order valence-electron chi connectivity index (χ3n) is 4.86. The van der Waals surface area contributed by atoms with E-state index < -0.39 is 5.97 Å². The van der Waals surface area contributed by atoms with Gasteiger partial charge in [0.05, 0.1) is 5.57 Å². The maximum absolute atomic E-state index is 15.0. The number of hydrogen-bond donors (Lipinski definition) is 2. The first-order valence-corrected chi connectivity index (χ1v) is 8.52. The van der Waals surface area contributed by atoms with Crippen LogP contribution >= 0.6 is 12.4 Å². The van der Waals surface area contributed by atoms with E-state index in [1.807, 2.05) is 30.6 Å². The van der Waals surface area contributed by atoms with E-state index in [-0.39, 0.29) is 41.8 Å². The van der Waals surface area contributed by atoms with Crippen molar-refractivity contribution in [2.24, 2.45) is 5.73 Å². The summed E-state index contributed by atoms with van der Waals surface area (Å²) >= 11 is 0. The molecule has 0 spiro atoms. The average Bonchev–Trinajstić information content (AvgIpc) is 2.95. The second-order valence-corrected chi connectivity index (χ2v) is 7.85. The van der Waals surface area contributed by atoms with Crippen molar-refractivity contribution in [1.29, 1.82) is 0 Å². The van der Waals surface area contributed by atoms with Crippen molar-refractivity contribution < 1.29 is 14.3 Å². The molecule has 8 heteroatoms. The van der Waals surface area contributed by atoms with Gasteiger partial charge in [0.15, 0.2) is 11.6 Å². The van der Waals surface area contributed by atoms with Gasteiger partial charge in [-0.25, -0.2) is 14.2 Å². The number of halogens is 2. The van der Waals surface area contributed by atoms with Crippen molar-refractivity contribution in [3.8, 4) is 0 Å². The highest BCUT2D eigenvalue weighted by atomic mass is 35.5. The first-order chi connectivity index (χ1) is 11.6. The van der Waals surface area contributed by atoms with Gasteiger partial charge < -0.3 is 20.6 Å². The van der Waals surface area contributed by atoms with Crippen LogP contribution in [0.3, 0.4) is 0 Å². The number of anilines is 2. The molecule has 2 aliphatic heterocycles. The quantitative estimate of drug-likeness (QED) is 0.815. The van der Waals surface area contributed by atoms with E-state index in [1.165, 1.54) is 0 Å². The molecule has 1 fully saturated rings. The van der Waals surface area contributed by atoms with Crippen LogP contribution in [0.25, 0.3) is 0 Å². The van der Waals surface area contributed by atoms with Crippen LogP contribution in [0.4, 0.5) is 16.0 Å². The molecule has 0 aromatic carbocycles. The number of fused-ring (bicyclic) bond motifs is 1. The van der Waals surface area contributed by atoms with Gasteiger partial charge in [-0.3, -0.25) is 0 Å². The fourth-order valence-electron chi connectivity index (χ4n) is 3.38. The van der Waals surface area contributed by atoms with Gasteiger partial charge in [-0.2, -0.15) is 0 Å². The molecule has 0 bridgehead atoms. The molecule has 6 nitrogen and oxygen atoms in total. The van der Waals surface area contributed by atoms with Gasteiger partial charge in [0.2, 0.25) is 0 Å². The van der Waals surface area contributed by atoms with Crippen LogP contribution in [0.15, 0.2) is 11.8 Å². The SMILES string of the molecule is Cc1c(F)c(N2CC[C@H](N)C2)nc2c1CC(C(=O)O)=CN2C(C)(C)C.Cl. The minimum Gasteiger partial charge on any atom is -0.478 e. The maximum Gasteiger partial charge on any atom is 0.333 e. The van der Waals surface area contributed by atoms with Crippen molar-refractivity contribution in [3.63, 3.8) is 0 Å². The lowest BCUT2D eigenvalue weighted by atomic mass is 9.94. The molecule has 0 unspecified atom stereocenters. The fourth-order valence-corrected chi connectivity index (χ4v) is 3.38. The van der Waals surface area contributed by atoms with Gasteiger partial charge in [0, 0.05) is 42.9 Å². The summed E-state index contributed by atoms with van der Waals surface area (Å²) in [5.41, 5.74) is 6.91. The summed E-state index contributed by atoms with van der Waals surface area (Å²) in [7, 11) is 0. The summed E-state index contributed by atoms with van der Waals surface area (Å²) in [6.45, 7) is 8.88. The van der Waals surface area contributed by atoms with E-state index >= 15 is 0 Å². The van der Waals surface area contributed by atoms with Crippen LogP contribution < -0.4 is 15.5 Å². The van der Waals surface area contributed by atoms with E-state index in [4.69, 9.17) is 5.73 Å². The lowest BCUT2D eigenvalue weighted by molar-refractivity contribution is -0.132. The highest BCUT2D eigenvalue weighted by Crippen LogP contribution is 2.38. The lowest BCUT2D eigenvalue weighted by Crippen LogP contribution is -2.41. The molecular weight excluding hydrogens is 359 g/mol. The number of aliphatic carboxylic acids is 1. The molecule has 0 saturated carbocycles. The zero-order valence-electron chi connectivity index (χ0n) is 15.5. The number of nitrogens with two attached hydrogens (primary N) is 1. The van der Waals surface area contributed by atoms with Crippen LogP contribution in [-0.2, 0) is 11.2 Å². The van der Waals surface area contributed by atoms with Crippen molar-refractivity contribution in [2.45, 2.75) is 52.1 Å². The van der Waals surface area contributed by atoms with Gasteiger partial charge in [0.25, 0.3) is 0 Å². The van der Waals surface area contributed by atoms with Gasteiger partial charge in [-0.05, 0) is 39.7 Å². The largest absolute Gasteiger partial charge is 0.478 e. The Morgan fingerprint density at radius 3 is 2.54 bits per heavy atom. The monoisotopic (exact) mass is 384 g/mol. The van der Waals surface area contributed by atoms with E-state index in [0.29, 0.717) is 35.9 Å². The van der Waals surface area contributed by atoms with E-state index in [2.05, 4.69) is 4.98 Å². The molecular formula is C18H26ClFN4O2. The Labute approximate surface area is 159 Å². The second kappa shape index (κ2) is 7.04. The van der Waals surface area contributed by atoms with E-state index in [9.17, 15) is 14.3 Å². The van der Waals surface area contributed by atoms with E-state index in [1.54, 1.807) is 13.1 Å². The number of rotatable bonds is 2. The molecule has 1 atom stereocenters. The number of nitrogens with zero attached hydrogens (tertiary/aromatic N) is 3. The number of carboxylic acid groups (broad SMARTS) is 1. The molecule has 3 heterocycles. The predicted molar refractivity (Wildman–Crippen MR) is 103 cm³/mol. The number of carboxylic acids is 1. The van der Waals surface area contributed by atoms with Crippen molar-refractivity contribution >= 4 is 30.0 Å². The van der Waals surface area contributed by atoms with Crippen molar-refractivity contribution in [2.75, 3.05) is 22.9 Å². The zero-order valence-corrected chi connectivity index (χ0v) is 16.4. The summed E-state index contributed by atoms with van der Waals surface area (Å²) in [6.07, 6.45) is 2.60. The Kier molecular flexibility index (Phi) is 5.54. The lowest BCUT2D eigenvalue weighted by Gasteiger charge is -2.39. The summed E-state index contributed by atoms with van der Waals surface area (Å²) in [5, 5.41) is 9.43. The predicted octanol–water partition coefficient (Wildman–Crippen LogP) is 2.62. The smallest absolute Gasteiger partial charge is 0.333 e. The van der Waals surface area contributed by atoms with Crippen LogP contribution in [0, 0.1) is 12.7 Å². The van der Waals surface area contributed by atoms with Crippen LogP contribution in [-0.4, -0.2) is 40.7 Å². The highest BCUT2D eigenvalue weighted by Gasteiger charge is 2.34. The van der Waals surface area contributed by atoms with Crippen LogP contribution in [0.2, 0.25) is 0 Å². The molecule has 0 aliphatic carbocycles. The summed E-state index contributed by atoms with van der Waals surface area (Å²) < 4.78 is 15.0. The molecule has 0 amide bonds. The minimum atomic E-state index is -0.991. The molecule has 144 valence electrons.